The van der Waals surface area contributed by atoms with Crippen LogP contribution >= 0.6 is 34.8 Å². The Morgan fingerprint density at radius 1 is 0.897 bits per heavy atom. The molecule has 1 heterocycles. The minimum absolute atomic E-state index is 0.745. The van der Waals surface area contributed by atoms with E-state index in [0.29, 0.717) is 0 Å². The van der Waals surface area contributed by atoms with Gasteiger partial charge in [-0.15, -0.1) is 0 Å². The van der Waals surface area contributed by atoms with Crippen LogP contribution in [0, 0.1) is 0 Å². The van der Waals surface area contributed by atoms with Gasteiger partial charge in [-0.2, -0.15) is 0 Å². The van der Waals surface area contributed by atoms with Crippen LogP contribution in [0.2, 0.25) is 0 Å². The first-order chi connectivity index (χ1) is 12.9. The number of hydrogen-bond donors (Lipinski definition) is 4. The number of carbonyl (C=O) groups excluding carboxylic acids is 4. The molecule has 29 heavy (non-hydrogen) atoms. The molecule has 1 amide bonds. The number of esters is 3. The molecule has 0 saturated carbocycles. The van der Waals surface area contributed by atoms with Crippen molar-refractivity contribution >= 4 is 58.6 Å². The molecule has 0 aliphatic carbocycles. The van der Waals surface area contributed by atoms with Crippen LogP contribution in [-0.2, 0) is 38.1 Å². The maximum Gasteiger partial charge on any atom is 0.351 e. The highest BCUT2D eigenvalue weighted by Gasteiger charge is 2.80. The predicted octanol–water partition coefficient (Wildman–Crippen LogP) is -1.03. The molecule has 166 valence electrons. The first kappa shape index (κ1) is 25.6. The monoisotopic (exact) mass is 481 g/mol. The van der Waals surface area contributed by atoms with Gasteiger partial charge >= 0.3 is 35.3 Å². The minimum atomic E-state index is -3.72. The Morgan fingerprint density at radius 3 is 1.69 bits per heavy atom. The number of hydrogen-bond acceptors (Lipinski definition) is 11. The summed E-state index contributed by atoms with van der Waals surface area (Å²) in [5, 5.41) is 34.6. The van der Waals surface area contributed by atoms with Gasteiger partial charge in [0.1, 0.15) is 6.10 Å². The molecule has 0 aromatic heterocycles. The zero-order valence-electron chi connectivity index (χ0n) is 15.4. The summed E-state index contributed by atoms with van der Waals surface area (Å²) in [7, 11) is 0. The van der Waals surface area contributed by atoms with E-state index in [0.717, 1.165) is 27.7 Å². The van der Waals surface area contributed by atoms with Crippen molar-refractivity contribution in [2.75, 3.05) is 0 Å². The van der Waals surface area contributed by atoms with Crippen LogP contribution in [0.4, 0.5) is 0 Å². The van der Waals surface area contributed by atoms with Gasteiger partial charge in [-0.05, 0) is 6.92 Å². The van der Waals surface area contributed by atoms with E-state index in [1.165, 1.54) is 0 Å². The third-order valence-corrected chi connectivity index (χ3v) is 4.14. The molecule has 0 aromatic rings. The molecule has 4 N–H and O–H groups in total. The van der Waals surface area contributed by atoms with Gasteiger partial charge in [0.2, 0.25) is 6.23 Å². The lowest BCUT2D eigenvalue weighted by Crippen LogP contribution is -2.84. The summed E-state index contributed by atoms with van der Waals surface area (Å²) in [6.07, 6.45) is -4.10. The molecule has 1 aliphatic rings. The number of amides is 1. The van der Waals surface area contributed by atoms with Crippen molar-refractivity contribution in [1.29, 1.82) is 0 Å². The average molecular weight is 483 g/mol. The van der Waals surface area contributed by atoms with Crippen LogP contribution in [0.1, 0.15) is 27.7 Å². The fraction of sp³-hybridized carbons (Fsp3) is 0.714. The normalized spacial score (nSPS) is 34.7. The molecule has 12 nitrogen and oxygen atoms in total. The van der Waals surface area contributed by atoms with Gasteiger partial charge < -0.3 is 39.6 Å². The van der Waals surface area contributed by atoms with Crippen molar-refractivity contribution in [2.45, 2.75) is 61.2 Å². The van der Waals surface area contributed by atoms with Gasteiger partial charge in [-0.25, -0.2) is 0 Å². The largest absolute Gasteiger partial charge is 0.423 e. The summed E-state index contributed by atoms with van der Waals surface area (Å²) in [6.45, 7) is 3.30. The fourth-order valence-electron chi connectivity index (χ4n) is 2.50. The van der Waals surface area contributed by atoms with E-state index in [1.54, 1.807) is 0 Å². The van der Waals surface area contributed by atoms with E-state index >= 15 is 0 Å². The van der Waals surface area contributed by atoms with E-state index in [1.807, 2.05) is 5.32 Å². The number of aliphatic hydroxyl groups is 3. The van der Waals surface area contributed by atoms with Crippen LogP contribution in [0.25, 0.3) is 0 Å². The fourth-order valence-corrected chi connectivity index (χ4v) is 2.66. The van der Waals surface area contributed by atoms with E-state index in [4.69, 9.17) is 39.5 Å². The molecular formula is C14H18Cl3NO11. The van der Waals surface area contributed by atoms with Crippen LogP contribution in [0.5, 0.6) is 0 Å². The summed E-state index contributed by atoms with van der Waals surface area (Å²) in [6, 6.07) is 0. The molecule has 0 spiro atoms. The lowest BCUT2D eigenvalue weighted by molar-refractivity contribution is -0.510. The molecule has 0 aromatic carbocycles. The molecule has 0 radical (unpaired) electrons. The van der Waals surface area contributed by atoms with E-state index in [-0.39, 0.29) is 0 Å². The molecule has 1 saturated heterocycles. The van der Waals surface area contributed by atoms with Gasteiger partial charge in [0.15, 0.2) is 0 Å². The molecule has 5 atom stereocenters. The second kappa shape index (κ2) is 8.38. The molecular weight excluding hydrogens is 465 g/mol. The van der Waals surface area contributed by atoms with Gasteiger partial charge in [0.05, 0.1) is 0 Å². The number of alkyl halides is 3. The summed E-state index contributed by atoms with van der Waals surface area (Å²) in [5.41, 5.74) is 0. The standard InChI is InChI=1S/C14H18Cl3NO11/c1-5-11(23,27-6(2)19)14(25,29-8(4)21)12(24,28-7(3)20)10(26-5)18-9(22)13(15,16)17/h5,10,23-25H,1-4H3,(H,18,22)/t5-,10?,11-,12-,14-/m1/s1. The highest BCUT2D eigenvalue weighted by molar-refractivity contribution is 6.76. The van der Waals surface area contributed by atoms with Crippen molar-refractivity contribution in [2.24, 2.45) is 0 Å². The lowest BCUT2D eigenvalue weighted by Gasteiger charge is -2.55. The SMILES string of the molecule is CC(=O)O[C@@]1(O)[C@](O)(OC(C)=O)C(NC(=O)C(Cl)(Cl)Cl)O[C@H](C)[C@@]1(O)OC(C)=O. The third kappa shape index (κ3) is 4.85. The average Bonchev–Trinajstić information content (AvgIpc) is 2.49. The number of carbonyl (C=O) groups is 4. The van der Waals surface area contributed by atoms with Crippen molar-refractivity contribution < 1.29 is 53.4 Å². The lowest BCUT2D eigenvalue weighted by atomic mass is 9.86. The minimum Gasteiger partial charge on any atom is -0.423 e. The van der Waals surface area contributed by atoms with Crippen LogP contribution in [0.15, 0.2) is 0 Å². The summed E-state index contributed by atoms with van der Waals surface area (Å²) < 4.78 is 16.4. The second-order valence-corrected chi connectivity index (χ2v) is 8.23. The maximum absolute atomic E-state index is 12.0. The van der Waals surface area contributed by atoms with Crippen LogP contribution in [0.3, 0.4) is 0 Å². The van der Waals surface area contributed by atoms with E-state index in [9.17, 15) is 34.5 Å². The summed E-state index contributed by atoms with van der Waals surface area (Å²) in [4.78, 5) is 46.6. The molecule has 15 heteroatoms. The van der Waals surface area contributed by atoms with Crippen molar-refractivity contribution in [1.82, 2.24) is 5.32 Å². The Morgan fingerprint density at radius 2 is 1.31 bits per heavy atom. The summed E-state index contributed by atoms with van der Waals surface area (Å²) >= 11 is 16.3. The molecule has 0 bridgehead atoms. The molecule has 1 unspecified atom stereocenters. The first-order valence-corrected chi connectivity index (χ1v) is 8.83. The van der Waals surface area contributed by atoms with E-state index in [2.05, 4.69) is 14.2 Å². The quantitative estimate of drug-likeness (QED) is 0.167. The topological polar surface area (TPSA) is 178 Å². The van der Waals surface area contributed by atoms with Crippen LogP contribution < -0.4 is 5.32 Å². The zero-order chi connectivity index (χ0) is 23.0. The Bertz CT molecular complexity index is 713. The zero-order valence-corrected chi connectivity index (χ0v) is 17.7. The number of nitrogens with one attached hydrogen (secondary N) is 1. The third-order valence-electron chi connectivity index (χ3n) is 3.63. The first-order valence-electron chi connectivity index (χ1n) is 7.69. The molecule has 1 aliphatic heterocycles. The smallest absolute Gasteiger partial charge is 0.351 e. The van der Waals surface area contributed by atoms with Crippen LogP contribution in [-0.4, -0.2) is 72.6 Å². The highest BCUT2D eigenvalue weighted by Crippen LogP contribution is 2.46. The second-order valence-electron chi connectivity index (χ2n) is 5.95. The number of halogens is 3. The molecule has 1 rings (SSSR count). The van der Waals surface area contributed by atoms with Crippen molar-refractivity contribution in [3.8, 4) is 0 Å². The van der Waals surface area contributed by atoms with Crippen molar-refractivity contribution in [3.63, 3.8) is 0 Å². The highest BCUT2D eigenvalue weighted by atomic mass is 35.6. The van der Waals surface area contributed by atoms with Crippen molar-refractivity contribution in [3.05, 3.63) is 0 Å². The van der Waals surface area contributed by atoms with Gasteiger partial charge in [-0.3, -0.25) is 19.2 Å². The Labute approximate surface area is 178 Å². The Hall–Kier alpha value is -1.41. The molecule has 1 fully saturated rings. The van der Waals surface area contributed by atoms with Gasteiger partial charge in [-0.1, -0.05) is 34.8 Å². The number of ether oxygens (including phenoxy) is 4. The summed E-state index contributed by atoms with van der Waals surface area (Å²) in [5.74, 6) is -15.9. The van der Waals surface area contributed by atoms with E-state index < -0.39 is 57.3 Å². The predicted molar refractivity (Wildman–Crippen MR) is 92.9 cm³/mol. The Balaban J connectivity index is 3.69. The number of rotatable bonds is 4. The van der Waals surface area contributed by atoms with Gasteiger partial charge in [0.25, 0.3) is 9.70 Å². The maximum atomic E-state index is 12.0. The Kier molecular flexibility index (Phi) is 7.40. The van der Waals surface area contributed by atoms with Gasteiger partial charge in [0, 0.05) is 20.8 Å².